The number of benzene rings is 1. The van der Waals surface area contributed by atoms with Crippen molar-refractivity contribution in [3.63, 3.8) is 0 Å². The molecule has 2 N–H and O–H groups in total. The van der Waals surface area contributed by atoms with E-state index >= 15 is 0 Å². The highest BCUT2D eigenvalue weighted by Crippen LogP contribution is 2.32. The van der Waals surface area contributed by atoms with Crippen LogP contribution in [0, 0.1) is 5.92 Å². The zero-order valence-electron chi connectivity index (χ0n) is 9.59. The van der Waals surface area contributed by atoms with Gasteiger partial charge in [0.15, 0.2) is 9.84 Å². The van der Waals surface area contributed by atoms with Crippen molar-refractivity contribution in [2.24, 2.45) is 5.92 Å². The van der Waals surface area contributed by atoms with Crippen LogP contribution >= 0.6 is 0 Å². The Labute approximate surface area is 101 Å². The summed E-state index contributed by atoms with van der Waals surface area (Å²) in [5.74, 6) is 0.995. The minimum Gasteiger partial charge on any atom is -0.399 e. The number of hydrogen-bond acceptors (Lipinski definition) is 4. The number of nitrogens with two attached hydrogens (primary N) is 1. The summed E-state index contributed by atoms with van der Waals surface area (Å²) < 4.78 is 22.3. The Morgan fingerprint density at radius 1 is 1.35 bits per heavy atom. The first-order valence-electron chi connectivity index (χ1n) is 5.87. The molecule has 1 fully saturated rings. The third kappa shape index (κ3) is 1.99. The highest BCUT2D eigenvalue weighted by Gasteiger charge is 2.35. The lowest BCUT2D eigenvalue weighted by atomic mass is 10.1. The van der Waals surface area contributed by atoms with E-state index in [4.69, 9.17) is 5.73 Å². The maximum absolute atomic E-state index is 11.1. The molecule has 0 radical (unpaired) electrons. The molecule has 0 aliphatic carbocycles. The molecule has 0 saturated carbocycles. The van der Waals surface area contributed by atoms with E-state index in [2.05, 4.69) is 11.0 Å². The number of sulfone groups is 1. The van der Waals surface area contributed by atoms with Crippen LogP contribution in [0.2, 0.25) is 0 Å². The molecular formula is C12H16N2O2S. The lowest BCUT2D eigenvalue weighted by Gasteiger charge is -2.31. The zero-order valence-corrected chi connectivity index (χ0v) is 10.4. The number of rotatable bonds is 2. The summed E-state index contributed by atoms with van der Waals surface area (Å²) >= 11 is 0. The molecule has 1 aromatic rings. The molecule has 92 valence electrons. The largest absolute Gasteiger partial charge is 0.399 e. The monoisotopic (exact) mass is 252 g/mol. The summed E-state index contributed by atoms with van der Waals surface area (Å²) in [7, 11) is -2.71. The Kier molecular flexibility index (Phi) is 2.33. The topological polar surface area (TPSA) is 63.4 Å². The predicted octanol–water partition coefficient (Wildman–Crippen LogP) is 0.676. The normalized spacial score (nSPS) is 22.2. The lowest BCUT2D eigenvalue weighted by Crippen LogP contribution is -2.43. The molecule has 0 atom stereocenters. The van der Waals surface area contributed by atoms with Gasteiger partial charge in [-0.3, -0.25) is 0 Å². The minimum absolute atomic E-state index is 0.299. The van der Waals surface area contributed by atoms with Crippen LogP contribution in [-0.2, 0) is 16.3 Å². The average molecular weight is 252 g/mol. The van der Waals surface area contributed by atoms with Gasteiger partial charge in [0.1, 0.15) is 0 Å². The molecule has 0 bridgehead atoms. The number of fused-ring (bicyclic) bond motifs is 1. The lowest BCUT2D eigenvalue weighted by molar-refractivity contribution is 0.517. The van der Waals surface area contributed by atoms with Gasteiger partial charge in [0, 0.05) is 30.4 Å². The molecule has 4 nitrogen and oxygen atoms in total. The van der Waals surface area contributed by atoms with Crippen LogP contribution in [0.15, 0.2) is 18.2 Å². The molecule has 0 spiro atoms. The van der Waals surface area contributed by atoms with Crippen molar-refractivity contribution in [1.29, 1.82) is 0 Å². The molecule has 2 aliphatic rings. The molecule has 2 aliphatic heterocycles. The summed E-state index contributed by atoms with van der Waals surface area (Å²) in [5, 5.41) is 0. The van der Waals surface area contributed by atoms with Gasteiger partial charge >= 0.3 is 0 Å². The Bertz CT molecular complexity index is 542. The second kappa shape index (κ2) is 3.63. The van der Waals surface area contributed by atoms with Crippen LogP contribution in [0.1, 0.15) is 5.56 Å². The number of hydrogen-bond donors (Lipinski definition) is 1. The number of nitrogen functional groups attached to an aromatic ring is 1. The SMILES string of the molecule is Nc1ccc2c(c1)N(CC1CS(=O)(=O)C1)CC2. The fourth-order valence-electron chi connectivity index (χ4n) is 2.74. The molecule has 5 heteroatoms. The van der Waals surface area contributed by atoms with Crippen LogP contribution in [-0.4, -0.2) is 33.0 Å². The quantitative estimate of drug-likeness (QED) is 0.786. The molecule has 3 rings (SSSR count). The van der Waals surface area contributed by atoms with Crippen molar-refractivity contribution in [2.45, 2.75) is 6.42 Å². The maximum atomic E-state index is 11.1. The van der Waals surface area contributed by atoms with E-state index in [1.165, 1.54) is 11.3 Å². The average Bonchev–Trinajstić information content (AvgIpc) is 2.58. The summed E-state index contributed by atoms with van der Waals surface area (Å²) in [4.78, 5) is 2.27. The van der Waals surface area contributed by atoms with Gasteiger partial charge < -0.3 is 10.6 Å². The van der Waals surface area contributed by atoms with Crippen LogP contribution < -0.4 is 10.6 Å². The number of anilines is 2. The Morgan fingerprint density at radius 3 is 2.82 bits per heavy atom. The van der Waals surface area contributed by atoms with Crippen LogP contribution in [0.3, 0.4) is 0 Å². The van der Waals surface area contributed by atoms with Crippen molar-refractivity contribution in [1.82, 2.24) is 0 Å². The van der Waals surface area contributed by atoms with E-state index in [0.29, 0.717) is 17.4 Å². The maximum Gasteiger partial charge on any atom is 0.151 e. The smallest absolute Gasteiger partial charge is 0.151 e. The minimum atomic E-state index is -2.71. The Morgan fingerprint density at radius 2 is 2.12 bits per heavy atom. The third-order valence-electron chi connectivity index (χ3n) is 3.56. The molecule has 1 saturated heterocycles. The highest BCUT2D eigenvalue weighted by atomic mass is 32.2. The van der Waals surface area contributed by atoms with Gasteiger partial charge in [-0.1, -0.05) is 6.07 Å². The van der Waals surface area contributed by atoms with E-state index in [-0.39, 0.29) is 0 Å². The zero-order chi connectivity index (χ0) is 12.0. The van der Waals surface area contributed by atoms with Crippen molar-refractivity contribution in [3.05, 3.63) is 23.8 Å². The van der Waals surface area contributed by atoms with E-state index in [1.807, 2.05) is 12.1 Å². The summed E-state index contributed by atoms with van der Waals surface area (Å²) in [5.41, 5.74) is 9.08. The fraction of sp³-hybridized carbons (Fsp3) is 0.500. The first-order valence-corrected chi connectivity index (χ1v) is 7.69. The first kappa shape index (κ1) is 10.9. The second-order valence-electron chi connectivity index (χ2n) is 5.03. The van der Waals surface area contributed by atoms with Crippen LogP contribution in [0.25, 0.3) is 0 Å². The van der Waals surface area contributed by atoms with E-state index in [9.17, 15) is 8.42 Å². The van der Waals surface area contributed by atoms with Gasteiger partial charge in [-0.15, -0.1) is 0 Å². The van der Waals surface area contributed by atoms with E-state index in [1.54, 1.807) is 0 Å². The molecule has 1 aromatic carbocycles. The van der Waals surface area contributed by atoms with Crippen LogP contribution in [0.5, 0.6) is 0 Å². The summed E-state index contributed by atoms with van der Waals surface area (Å²) in [6, 6.07) is 5.99. The van der Waals surface area contributed by atoms with Crippen molar-refractivity contribution in [2.75, 3.05) is 35.2 Å². The molecule has 2 heterocycles. The van der Waals surface area contributed by atoms with Crippen molar-refractivity contribution >= 4 is 21.2 Å². The summed E-state index contributed by atoms with van der Waals surface area (Å²) in [6.45, 7) is 1.82. The molecule has 17 heavy (non-hydrogen) atoms. The van der Waals surface area contributed by atoms with Gasteiger partial charge in [-0.2, -0.15) is 0 Å². The Balaban J connectivity index is 1.74. The standard InChI is InChI=1S/C12H16N2O2S/c13-11-2-1-10-3-4-14(12(10)5-11)6-9-7-17(15,16)8-9/h1-2,5,9H,3-4,6-8,13H2. The van der Waals surface area contributed by atoms with Crippen molar-refractivity contribution < 1.29 is 8.42 Å². The summed E-state index contributed by atoms with van der Waals surface area (Å²) in [6.07, 6.45) is 1.04. The van der Waals surface area contributed by atoms with Gasteiger partial charge in [0.25, 0.3) is 0 Å². The molecule has 0 unspecified atom stereocenters. The molecule has 0 aromatic heterocycles. The van der Waals surface area contributed by atoms with Gasteiger partial charge in [-0.05, 0) is 24.1 Å². The molecular weight excluding hydrogens is 236 g/mol. The van der Waals surface area contributed by atoms with Gasteiger partial charge in [-0.25, -0.2) is 8.42 Å². The predicted molar refractivity (Wildman–Crippen MR) is 68.9 cm³/mol. The van der Waals surface area contributed by atoms with Gasteiger partial charge in [0.05, 0.1) is 11.5 Å². The van der Waals surface area contributed by atoms with E-state index in [0.717, 1.165) is 25.2 Å². The third-order valence-corrected chi connectivity index (χ3v) is 5.52. The Hall–Kier alpha value is -1.23. The first-order chi connectivity index (χ1) is 8.03. The fourth-order valence-corrected chi connectivity index (χ4v) is 4.29. The van der Waals surface area contributed by atoms with Gasteiger partial charge in [0.2, 0.25) is 0 Å². The molecule has 0 amide bonds. The van der Waals surface area contributed by atoms with Crippen molar-refractivity contribution in [3.8, 4) is 0 Å². The highest BCUT2D eigenvalue weighted by molar-refractivity contribution is 7.92. The number of nitrogens with zero attached hydrogens (tertiary/aromatic N) is 1. The second-order valence-corrected chi connectivity index (χ2v) is 7.18. The van der Waals surface area contributed by atoms with Crippen LogP contribution in [0.4, 0.5) is 11.4 Å². The van der Waals surface area contributed by atoms with E-state index < -0.39 is 9.84 Å².